The van der Waals surface area contributed by atoms with E-state index >= 15 is 0 Å². The first-order chi connectivity index (χ1) is 15.1. The second-order valence-electron chi connectivity index (χ2n) is 7.88. The van der Waals surface area contributed by atoms with Crippen LogP contribution in [0.15, 0.2) is 30.5 Å². The Morgan fingerprint density at radius 1 is 1.09 bits per heavy atom. The molecule has 0 saturated heterocycles. The number of carboxylic acid groups (broad SMARTS) is 2. The number of nitrogens with one attached hydrogen (secondary N) is 3. The number of hydrogen-bond donors (Lipinski definition) is 6. The molecule has 7 N–H and O–H groups in total. The first kappa shape index (κ1) is 24.9. The highest BCUT2D eigenvalue weighted by atomic mass is 16.4. The standard InChI is InChI=1S/C22H30N4O6/c1-3-12(2)19(22(31)32)26-20(28)17(25-18(27)9-8-15(23)21(29)30)10-13-11-24-16-7-5-4-6-14(13)16/h4-7,11-12,15,17,19,24H,3,8-10,23H2,1-2H3,(H,25,27)(H,26,28)(H,29,30)(H,31,32)/t12-,15?,17-,19-/m0/s1. The van der Waals surface area contributed by atoms with E-state index in [1.54, 1.807) is 13.1 Å². The van der Waals surface area contributed by atoms with Gasteiger partial charge in [0.15, 0.2) is 0 Å². The molecule has 4 atom stereocenters. The van der Waals surface area contributed by atoms with Gasteiger partial charge in [-0.3, -0.25) is 14.4 Å². The minimum atomic E-state index is -1.22. The molecule has 0 fully saturated rings. The summed E-state index contributed by atoms with van der Waals surface area (Å²) in [5, 5.41) is 24.4. The van der Waals surface area contributed by atoms with E-state index in [4.69, 9.17) is 10.8 Å². The third kappa shape index (κ3) is 6.55. The Bertz CT molecular complexity index is 972. The van der Waals surface area contributed by atoms with Gasteiger partial charge < -0.3 is 31.6 Å². The molecule has 0 aliphatic rings. The van der Waals surface area contributed by atoms with Gasteiger partial charge >= 0.3 is 11.9 Å². The predicted molar refractivity (Wildman–Crippen MR) is 118 cm³/mol. The maximum Gasteiger partial charge on any atom is 0.326 e. The number of benzene rings is 1. The van der Waals surface area contributed by atoms with Gasteiger partial charge in [0.2, 0.25) is 11.8 Å². The Morgan fingerprint density at radius 3 is 2.41 bits per heavy atom. The molecule has 174 valence electrons. The van der Waals surface area contributed by atoms with Crippen molar-refractivity contribution in [2.24, 2.45) is 11.7 Å². The maximum absolute atomic E-state index is 13.0. The molecule has 1 unspecified atom stereocenters. The third-order valence-electron chi connectivity index (χ3n) is 5.53. The topological polar surface area (TPSA) is 175 Å². The van der Waals surface area contributed by atoms with Crippen LogP contribution in [-0.2, 0) is 25.6 Å². The number of carbonyl (C=O) groups excluding carboxylic acids is 2. The third-order valence-corrected chi connectivity index (χ3v) is 5.53. The van der Waals surface area contributed by atoms with Gasteiger partial charge in [0, 0.05) is 29.9 Å². The highest BCUT2D eigenvalue weighted by molar-refractivity contribution is 5.92. The largest absolute Gasteiger partial charge is 0.480 e. The molecule has 0 spiro atoms. The van der Waals surface area contributed by atoms with E-state index in [-0.39, 0.29) is 25.2 Å². The Kier molecular flexibility index (Phi) is 8.77. The van der Waals surface area contributed by atoms with Gasteiger partial charge in [0.1, 0.15) is 18.1 Å². The van der Waals surface area contributed by atoms with Crippen LogP contribution in [0.25, 0.3) is 10.9 Å². The van der Waals surface area contributed by atoms with Crippen LogP contribution in [0.1, 0.15) is 38.7 Å². The molecular weight excluding hydrogens is 416 g/mol. The fourth-order valence-electron chi connectivity index (χ4n) is 3.34. The quantitative estimate of drug-likeness (QED) is 0.282. The Labute approximate surface area is 185 Å². The van der Waals surface area contributed by atoms with Gasteiger partial charge in [-0.15, -0.1) is 0 Å². The highest BCUT2D eigenvalue weighted by Gasteiger charge is 2.30. The highest BCUT2D eigenvalue weighted by Crippen LogP contribution is 2.19. The molecule has 0 aliphatic carbocycles. The summed E-state index contributed by atoms with van der Waals surface area (Å²) < 4.78 is 0. The number of nitrogens with two attached hydrogens (primary N) is 1. The van der Waals surface area contributed by atoms with Gasteiger partial charge in [-0.2, -0.15) is 0 Å². The van der Waals surface area contributed by atoms with Crippen molar-refractivity contribution in [3.8, 4) is 0 Å². The molecule has 32 heavy (non-hydrogen) atoms. The number of H-pyrrole nitrogens is 1. The Hall–Kier alpha value is -3.40. The normalized spacial score (nSPS) is 14.8. The number of fused-ring (bicyclic) bond motifs is 1. The molecule has 0 bridgehead atoms. The Morgan fingerprint density at radius 2 is 1.78 bits per heavy atom. The first-order valence-corrected chi connectivity index (χ1v) is 10.5. The molecule has 1 heterocycles. The van der Waals surface area contributed by atoms with E-state index in [1.165, 1.54) is 0 Å². The fraction of sp³-hybridized carbons (Fsp3) is 0.455. The summed E-state index contributed by atoms with van der Waals surface area (Å²) in [6.45, 7) is 3.54. The van der Waals surface area contributed by atoms with E-state index in [9.17, 15) is 24.3 Å². The first-order valence-electron chi connectivity index (χ1n) is 10.5. The van der Waals surface area contributed by atoms with Crippen LogP contribution in [-0.4, -0.2) is 57.1 Å². The molecule has 10 nitrogen and oxygen atoms in total. The van der Waals surface area contributed by atoms with Crippen LogP contribution >= 0.6 is 0 Å². The van der Waals surface area contributed by atoms with Crippen LogP contribution < -0.4 is 16.4 Å². The Balaban J connectivity index is 2.21. The van der Waals surface area contributed by atoms with E-state index in [2.05, 4.69) is 15.6 Å². The summed E-state index contributed by atoms with van der Waals surface area (Å²) in [4.78, 5) is 51.0. The summed E-state index contributed by atoms with van der Waals surface area (Å²) in [5.41, 5.74) is 7.09. The van der Waals surface area contributed by atoms with Crippen LogP contribution in [0.5, 0.6) is 0 Å². The lowest BCUT2D eigenvalue weighted by molar-refractivity contribution is -0.143. The van der Waals surface area contributed by atoms with Crippen LogP contribution in [0.3, 0.4) is 0 Å². The van der Waals surface area contributed by atoms with Gasteiger partial charge in [0.05, 0.1) is 0 Å². The van der Waals surface area contributed by atoms with E-state index in [1.807, 2.05) is 31.2 Å². The van der Waals surface area contributed by atoms with Gasteiger partial charge in [-0.1, -0.05) is 38.5 Å². The average molecular weight is 447 g/mol. The summed E-state index contributed by atoms with van der Waals surface area (Å²) >= 11 is 0. The van der Waals surface area contributed by atoms with Gasteiger partial charge in [-0.25, -0.2) is 4.79 Å². The molecule has 10 heteroatoms. The monoisotopic (exact) mass is 446 g/mol. The number of para-hydroxylation sites is 1. The van der Waals surface area contributed by atoms with Crippen molar-refractivity contribution in [1.29, 1.82) is 0 Å². The number of rotatable bonds is 12. The molecule has 0 radical (unpaired) electrons. The summed E-state index contributed by atoms with van der Waals surface area (Å²) in [6, 6.07) is 4.13. The number of carboxylic acids is 2. The summed E-state index contributed by atoms with van der Waals surface area (Å²) in [5.74, 6) is -3.86. The lowest BCUT2D eigenvalue weighted by Gasteiger charge is -2.24. The minimum Gasteiger partial charge on any atom is -0.480 e. The zero-order valence-corrected chi connectivity index (χ0v) is 18.1. The SMILES string of the molecule is CC[C@H](C)[C@H](NC(=O)[C@H](Cc1c[nH]c2ccccc12)NC(=O)CCC(N)C(=O)O)C(=O)O. The number of amides is 2. The van der Waals surface area contributed by atoms with E-state index in [0.717, 1.165) is 16.5 Å². The van der Waals surface area contributed by atoms with Crippen LogP contribution in [0.2, 0.25) is 0 Å². The van der Waals surface area contributed by atoms with Crippen LogP contribution in [0, 0.1) is 5.92 Å². The van der Waals surface area contributed by atoms with E-state index < -0.39 is 41.9 Å². The van der Waals surface area contributed by atoms with Crippen molar-refractivity contribution in [3.63, 3.8) is 0 Å². The fourth-order valence-corrected chi connectivity index (χ4v) is 3.34. The number of carbonyl (C=O) groups is 4. The smallest absolute Gasteiger partial charge is 0.326 e. The summed E-state index contributed by atoms with van der Waals surface area (Å²) in [7, 11) is 0. The van der Waals surface area contributed by atoms with Crippen molar-refractivity contribution in [2.75, 3.05) is 0 Å². The zero-order chi connectivity index (χ0) is 23.8. The molecular formula is C22H30N4O6. The van der Waals surface area contributed by atoms with Crippen molar-refractivity contribution in [3.05, 3.63) is 36.0 Å². The molecule has 0 aliphatic heterocycles. The number of hydrogen-bond acceptors (Lipinski definition) is 5. The van der Waals surface area contributed by atoms with Crippen molar-refractivity contribution in [2.45, 2.75) is 57.7 Å². The maximum atomic E-state index is 13.0. The van der Waals surface area contributed by atoms with Crippen molar-refractivity contribution < 1.29 is 29.4 Å². The average Bonchev–Trinajstić information content (AvgIpc) is 3.17. The lowest BCUT2D eigenvalue weighted by atomic mass is 9.98. The molecule has 1 aromatic carbocycles. The van der Waals surface area contributed by atoms with Crippen LogP contribution in [0.4, 0.5) is 0 Å². The molecule has 1 aromatic heterocycles. The van der Waals surface area contributed by atoms with Gasteiger partial charge in [-0.05, 0) is 24.0 Å². The second-order valence-corrected chi connectivity index (χ2v) is 7.88. The number of aliphatic carboxylic acids is 2. The number of aromatic amines is 1. The van der Waals surface area contributed by atoms with Crippen molar-refractivity contribution in [1.82, 2.24) is 15.6 Å². The second kappa shape index (κ2) is 11.3. The molecule has 2 aromatic rings. The predicted octanol–water partition coefficient (Wildman–Crippen LogP) is 1.00. The number of aromatic nitrogens is 1. The van der Waals surface area contributed by atoms with E-state index in [0.29, 0.717) is 6.42 Å². The molecule has 0 saturated carbocycles. The van der Waals surface area contributed by atoms with Gasteiger partial charge in [0.25, 0.3) is 0 Å². The molecule has 2 rings (SSSR count). The minimum absolute atomic E-state index is 0.0901. The zero-order valence-electron chi connectivity index (χ0n) is 18.1. The molecule has 2 amide bonds. The lowest BCUT2D eigenvalue weighted by Crippen LogP contribution is -2.54. The van der Waals surface area contributed by atoms with Crippen molar-refractivity contribution >= 4 is 34.7 Å². The summed E-state index contributed by atoms with van der Waals surface area (Å²) in [6.07, 6.45) is 2.13.